The average molecular weight is 629 g/mol. The Morgan fingerprint density at radius 1 is 0.756 bits per heavy atom. The largest absolute Gasteiger partial charge is 0.460 e. The van der Waals surface area contributed by atoms with Crippen LogP contribution in [0.2, 0.25) is 0 Å². The molecular formula is C34H48N2O9. The van der Waals surface area contributed by atoms with Gasteiger partial charge in [-0.2, -0.15) is 0 Å². The highest BCUT2D eigenvalue weighted by atomic mass is 16.6. The average Bonchev–Trinajstić information content (AvgIpc) is 3.33. The Morgan fingerprint density at radius 3 is 1.80 bits per heavy atom. The van der Waals surface area contributed by atoms with Gasteiger partial charge in [0.15, 0.2) is 0 Å². The second kappa shape index (κ2) is 19.1. The van der Waals surface area contributed by atoms with Gasteiger partial charge >= 0.3 is 12.1 Å². The van der Waals surface area contributed by atoms with E-state index in [-0.39, 0.29) is 30.8 Å². The van der Waals surface area contributed by atoms with Crippen molar-refractivity contribution in [2.24, 2.45) is 0 Å². The molecular weight excluding hydrogens is 580 g/mol. The smallest absolute Gasteiger partial charge is 0.407 e. The first-order valence-corrected chi connectivity index (χ1v) is 15.6. The van der Waals surface area contributed by atoms with Gasteiger partial charge in [-0.25, -0.2) is 4.79 Å². The van der Waals surface area contributed by atoms with Crippen molar-refractivity contribution in [2.75, 3.05) is 66.0 Å². The van der Waals surface area contributed by atoms with E-state index >= 15 is 0 Å². The van der Waals surface area contributed by atoms with Gasteiger partial charge in [0.2, 0.25) is 5.91 Å². The second-order valence-corrected chi connectivity index (χ2v) is 11.5. The van der Waals surface area contributed by atoms with Gasteiger partial charge in [-0.05, 0) is 49.4 Å². The minimum atomic E-state index is -0.709. The van der Waals surface area contributed by atoms with Crippen LogP contribution in [0.3, 0.4) is 0 Å². The molecule has 0 aliphatic heterocycles. The van der Waals surface area contributed by atoms with Crippen LogP contribution in [0.25, 0.3) is 11.1 Å². The number of benzene rings is 2. The number of fused-ring (bicyclic) bond motifs is 3. The summed E-state index contributed by atoms with van der Waals surface area (Å²) < 4.78 is 32.5. The SMILES string of the molecule is CC[C@H](NC(=O)OCC1c2ccccc2-c2ccccc21)C(=O)NCCOCCOCCOCCOCCC(=O)OC(C)(C)C. The molecule has 1 atom stereocenters. The zero-order chi connectivity index (χ0) is 32.5. The molecule has 11 nitrogen and oxygen atoms in total. The van der Waals surface area contributed by atoms with Crippen molar-refractivity contribution in [3.05, 3.63) is 59.7 Å². The lowest BCUT2D eigenvalue weighted by atomic mass is 9.98. The van der Waals surface area contributed by atoms with Crippen LogP contribution >= 0.6 is 0 Å². The molecule has 11 heteroatoms. The third kappa shape index (κ3) is 12.8. The van der Waals surface area contributed by atoms with Crippen molar-refractivity contribution in [3.63, 3.8) is 0 Å². The zero-order valence-corrected chi connectivity index (χ0v) is 26.9. The molecule has 0 saturated heterocycles. The summed E-state index contributed by atoms with van der Waals surface area (Å²) in [6.07, 6.45) is 0.00820. The van der Waals surface area contributed by atoms with Gasteiger partial charge in [0, 0.05) is 12.5 Å². The molecule has 2 N–H and O–H groups in total. The predicted octanol–water partition coefficient (Wildman–Crippen LogP) is 4.22. The molecule has 2 aromatic rings. The Morgan fingerprint density at radius 2 is 1.27 bits per heavy atom. The van der Waals surface area contributed by atoms with E-state index in [2.05, 4.69) is 34.9 Å². The number of carbonyl (C=O) groups is 3. The van der Waals surface area contributed by atoms with E-state index in [1.165, 1.54) is 0 Å². The number of alkyl carbamates (subject to hydrolysis) is 1. The summed E-state index contributed by atoms with van der Waals surface area (Å²) >= 11 is 0. The quantitative estimate of drug-likeness (QED) is 0.164. The van der Waals surface area contributed by atoms with Crippen molar-refractivity contribution in [1.82, 2.24) is 10.6 Å². The molecule has 1 aliphatic rings. The van der Waals surface area contributed by atoms with Gasteiger partial charge in [0.1, 0.15) is 18.2 Å². The lowest BCUT2D eigenvalue weighted by Crippen LogP contribution is -2.47. The number of amides is 2. The Labute approximate surface area is 266 Å². The molecule has 0 aromatic heterocycles. The topological polar surface area (TPSA) is 131 Å². The standard InChI is InChI=1S/C34H48N2O9/c1-5-30(36-33(39)44-24-29-27-12-8-6-10-25(27)26-11-7-9-13-28(26)29)32(38)35-15-17-41-19-21-43-23-22-42-20-18-40-16-14-31(37)45-34(2,3)4/h6-13,29-30H,5,14-24H2,1-4H3,(H,35,38)(H,36,39)/t30-/m0/s1. The highest BCUT2D eigenvalue weighted by Crippen LogP contribution is 2.44. The fourth-order valence-corrected chi connectivity index (χ4v) is 4.81. The Hall–Kier alpha value is -3.51. The first-order chi connectivity index (χ1) is 21.7. The van der Waals surface area contributed by atoms with Gasteiger partial charge in [-0.15, -0.1) is 0 Å². The number of nitrogens with one attached hydrogen (secondary N) is 2. The molecule has 0 bridgehead atoms. The molecule has 2 amide bonds. The van der Waals surface area contributed by atoms with E-state index in [1.807, 2.05) is 52.0 Å². The van der Waals surface area contributed by atoms with E-state index in [0.29, 0.717) is 65.8 Å². The number of hydrogen-bond acceptors (Lipinski definition) is 9. The lowest BCUT2D eigenvalue weighted by molar-refractivity contribution is -0.156. The summed E-state index contributed by atoms with van der Waals surface area (Å²) in [6.45, 7) is 10.8. The van der Waals surface area contributed by atoms with Crippen LogP contribution in [0, 0.1) is 0 Å². The molecule has 0 heterocycles. The third-order valence-electron chi connectivity index (χ3n) is 6.89. The van der Waals surface area contributed by atoms with E-state index < -0.39 is 17.7 Å². The van der Waals surface area contributed by atoms with Crippen LogP contribution in [-0.4, -0.2) is 95.6 Å². The summed E-state index contributed by atoms with van der Waals surface area (Å²) in [5.74, 6) is -0.625. The molecule has 0 spiro atoms. The third-order valence-corrected chi connectivity index (χ3v) is 6.89. The molecule has 3 rings (SSSR count). The number of esters is 1. The van der Waals surface area contributed by atoms with Gasteiger partial charge < -0.3 is 39.1 Å². The van der Waals surface area contributed by atoms with Crippen molar-refractivity contribution in [2.45, 2.75) is 58.1 Å². The van der Waals surface area contributed by atoms with Gasteiger partial charge in [-0.3, -0.25) is 9.59 Å². The normalized spacial score (nSPS) is 13.1. The van der Waals surface area contributed by atoms with Crippen LogP contribution in [-0.2, 0) is 38.0 Å². The highest BCUT2D eigenvalue weighted by molar-refractivity contribution is 5.85. The maximum atomic E-state index is 12.6. The van der Waals surface area contributed by atoms with Crippen LogP contribution in [0.5, 0.6) is 0 Å². The fourth-order valence-electron chi connectivity index (χ4n) is 4.81. The Bertz CT molecular complexity index is 1170. The summed E-state index contributed by atoms with van der Waals surface area (Å²) in [6, 6.07) is 15.6. The number of hydrogen-bond donors (Lipinski definition) is 2. The summed E-state index contributed by atoms with van der Waals surface area (Å²) in [5.41, 5.74) is 4.08. The number of carbonyl (C=O) groups excluding carboxylic acids is 3. The minimum Gasteiger partial charge on any atom is -0.460 e. The maximum absolute atomic E-state index is 12.6. The summed E-state index contributed by atoms with van der Waals surface area (Å²) in [7, 11) is 0. The molecule has 0 saturated carbocycles. The number of rotatable bonds is 20. The van der Waals surface area contributed by atoms with Crippen LogP contribution < -0.4 is 10.6 Å². The second-order valence-electron chi connectivity index (χ2n) is 11.5. The zero-order valence-electron chi connectivity index (χ0n) is 26.9. The van der Waals surface area contributed by atoms with Gasteiger partial charge in [0.25, 0.3) is 0 Å². The van der Waals surface area contributed by atoms with Crippen molar-refractivity contribution in [3.8, 4) is 11.1 Å². The van der Waals surface area contributed by atoms with Crippen LogP contribution in [0.15, 0.2) is 48.5 Å². The van der Waals surface area contributed by atoms with E-state index in [9.17, 15) is 14.4 Å². The van der Waals surface area contributed by atoms with E-state index in [4.69, 9.17) is 28.4 Å². The monoisotopic (exact) mass is 628 g/mol. The minimum absolute atomic E-state index is 0.0474. The number of ether oxygens (including phenoxy) is 6. The molecule has 1 aliphatic carbocycles. The molecule has 2 aromatic carbocycles. The molecule has 0 fully saturated rings. The first kappa shape index (κ1) is 36.0. The van der Waals surface area contributed by atoms with Crippen LogP contribution in [0.1, 0.15) is 57.6 Å². The molecule has 0 radical (unpaired) electrons. The summed E-state index contributed by atoms with van der Waals surface area (Å²) in [4.78, 5) is 36.8. The van der Waals surface area contributed by atoms with E-state index in [1.54, 1.807) is 0 Å². The molecule has 45 heavy (non-hydrogen) atoms. The predicted molar refractivity (Wildman–Crippen MR) is 169 cm³/mol. The van der Waals surface area contributed by atoms with Crippen molar-refractivity contribution in [1.29, 1.82) is 0 Å². The highest BCUT2D eigenvalue weighted by Gasteiger charge is 2.29. The van der Waals surface area contributed by atoms with Crippen LogP contribution in [0.4, 0.5) is 4.79 Å². The van der Waals surface area contributed by atoms with Gasteiger partial charge in [-0.1, -0.05) is 55.5 Å². The lowest BCUT2D eigenvalue weighted by Gasteiger charge is -2.19. The van der Waals surface area contributed by atoms with Crippen molar-refractivity contribution >= 4 is 18.0 Å². The molecule has 0 unspecified atom stereocenters. The van der Waals surface area contributed by atoms with Crippen molar-refractivity contribution < 1.29 is 42.8 Å². The summed E-state index contributed by atoms with van der Waals surface area (Å²) in [5, 5.41) is 5.46. The first-order valence-electron chi connectivity index (χ1n) is 15.6. The Balaban J connectivity index is 1.17. The van der Waals surface area contributed by atoms with E-state index in [0.717, 1.165) is 22.3 Å². The molecule has 248 valence electrons. The maximum Gasteiger partial charge on any atom is 0.407 e. The fraction of sp³-hybridized carbons (Fsp3) is 0.559. The van der Waals surface area contributed by atoms with Gasteiger partial charge in [0.05, 0.1) is 59.3 Å². The Kier molecular flexibility index (Phi) is 15.3.